The molecule has 1 aliphatic rings. The lowest BCUT2D eigenvalue weighted by molar-refractivity contribution is -0.145. The number of carbonyl (C=O) groups is 2. The number of para-hydroxylation sites is 1. The zero-order valence-electron chi connectivity index (χ0n) is 13.1. The van der Waals surface area contributed by atoms with Crippen molar-refractivity contribution in [1.29, 1.82) is 0 Å². The molecule has 2 aromatic rings. The molecule has 0 aliphatic carbocycles. The fraction of sp³-hybridized carbons (Fsp3) is 0.444. The van der Waals surface area contributed by atoms with Gasteiger partial charge < -0.3 is 15.0 Å². The van der Waals surface area contributed by atoms with Crippen LogP contribution in [0.4, 0.5) is 0 Å². The highest BCUT2D eigenvalue weighted by molar-refractivity contribution is 5.83. The molecule has 1 aromatic carbocycles. The number of amides is 1. The van der Waals surface area contributed by atoms with Gasteiger partial charge in [0, 0.05) is 36.6 Å². The maximum absolute atomic E-state index is 12.3. The second-order valence-corrected chi connectivity index (χ2v) is 6.23. The number of carbonyl (C=O) groups excluding carboxylic acids is 1. The number of piperidine rings is 1. The Bertz CT molecular complexity index is 707. The first kappa shape index (κ1) is 15.6. The monoisotopic (exact) mass is 314 g/mol. The predicted octanol–water partition coefficient (Wildman–Crippen LogP) is 2.81. The van der Waals surface area contributed by atoms with Crippen LogP contribution in [0.15, 0.2) is 30.5 Å². The van der Waals surface area contributed by atoms with Crippen molar-refractivity contribution in [3.05, 3.63) is 36.0 Å². The number of likely N-dealkylation sites (tertiary alicyclic amines) is 1. The molecular weight excluding hydrogens is 292 g/mol. The largest absolute Gasteiger partial charge is 0.481 e. The van der Waals surface area contributed by atoms with Gasteiger partial charge in [0.15, 0.2) is 0 Å². The van der Waals surface area contributed by atoms with Gasteiger partial charge in [-0.15, -0.1) is 0 Å². The van der Waals surface area contributed by atoms with E-state index in [-0.39, 0.29) is 5.91 Å². The molecule has 2 N–H and O–H groups in total. The third-order valence-electron chi connectivity index (χ3n) is 4.64. The number of H-pyrrole nitrogens is 1. The average molecular weight is 314 g/mol. The highest BCUT2D eigenvalue weighted by atomic mass is 16.4. The summed E-state index contributed by atoms with van der Waals surface area (Å²) < 4.78 is 0. The van der Waals surface area contributed by atoms with Crippen LogP contribution in [0.3, 0.4) is 0 Å². The Labute approximate surface area is 135 Å². The topological polar surface area (TPSA) is 73.4 Å². The van der Waals surface area contributed by atoms with Crippen LogP contribution in [-0.4, -0.2) is 40.0 Å². The summed E-state index contributed by atoms with van der Waals surface area (Å²) in [5.41, 5.74) is 2.35. The van der Waals surface area contributed by atoms with E-state index in [0.717, 1.165) is 24.8 Å². The maximum atomic E-state index is 12.3. The van der Waals surface area contributed by atoms with Gasteiger partial charge in [-0.2, -0.15) is 0 Å². The van der Waals surface area contributed by atoms with Gasteiger partial charge in [-0.1, -0.05) is 18.2 Å². The quantitative estimate of drug-likeness (QED) is 0.891. The lowest BCUT2D eigenvalue weighted by Gasteiger charge is -2.30. The smallest absolute Gasteiger partial charge is 0.308 e. The van der Waals surface area contributed by atoms with E-state index < -0.39 is 11.9 Å². The van der Waals surface area contributed by atoms with Gasteiger partial charge in [0.05, 0.1) is 5.92 Å². The second kappa shape index (κ2) is 6.86. The summed E-state index contributed by atoms with van der Waals surface area (Å²) in [6, 6.07) is 8.15. The van der Waals surface area contributed by atoms with Crippen LogP contribution in [0.5, 0.6) is 0 Å². The van der Waals surface area contributed by atoms with Crippen molar-refractivity contribution < 1.29 is 14.7 Å². The van der Waals surface area contributed by atoms with Gasteiger partial charge >= 0.3 is 5.97 Å². The standard InChI is InChI=1S/C18H22N2O3/c21-17(20-10-4-6-14(12-20)18(22)23)9-3-5-13-11-19-16-8-2-1-7-15(13)16/h1-2,7-8,11,14,19H,3-6,9-10,12H2,(H,22,23). The van der Waals surface area contributed by atoms with Gasteiger partial charge in [-0.3, -0.25) is 9.59 Å². The number of nitrogens with one attached hydrogen (secondary N) is 1. The first-order valence-corrected chi connectivity index (χ1v) is 8.20. The second-order valence-electron chi connectivity index (χ2n) is 6.23. The number of carboxylic acid groups (broad SMARTS) is 1. The molecule has 23 heavy (non-hydrogen) atoms. The fourth-order valence-corrected chi connectivity index (χ4v) is 3.33. The molecule has 1 atom stereocenters. The molecule has 1 aromatic heterocycles. The number of hydrogen-bond acceptors (Lipinski definition) is 2. The minimum absolute atomic E-state index is 0.0794. The molecule has 2 heterocycles. The van der Waals surface area contributed by atoms with E-state index in [1.54, 1.807) is 4.90 Å². The number of carboxylic acids is 1. The first-order valence-electron chi connectivity index (χ1n) is 8.20. The Morgan fingerprint density at radius 3 is 2.96 bits per heavy atom. The molecular formula is C18H22N2O3. The Hall–Kier alpha value is -2.30. The van der Waals surface area contributed by atoms with E-state index in [4.69, 9.17) is 5.11 Å². The molecule has 0 radical (unpaired) electrons. The molecule has 1 saturated heterocycles. The average Bonchev–Trinajstić information content (AvgIpc) is 2.98. The van der Waals surface area contributed by atoms with E-state index in [1.165, 1.54) is 10.9 Å². The number of fused-ring (bicyclic) bond motifs is 1. The number of benzene rings is 1. The minimum Gasteiger partial charge on any atom is -0.481 e. The van der Waals surface area contributed by atoms with Crippen molar-refractivity contribution >= 4 is 22.8 Å². The van der Waals surface area contributed by atoms with E-state index in [2.05, 4.69) is 11.1 Å². The highest BCUT2D eigenvalue weighted by Crippen LogP contribution is 2.21. The molecule has 1 unspecified atom stereocenters. The van der Waals surface area contributed by atoms with Crippen molar-refractivity contribution in [2.75, 3.05) is 13.1 Å². The molecule has 0 spiro atoms. The number of aromatic amines is 1. The predicted molar refractivity (Wildman–Crippen MR) is 88.2 cm³/mol. The Morgan fingerprint density at radius 1 is 1.30 bits per heavy atom. The number of hydrogen-bond donors (Lipinski definition) is 2. The molecule has 1 aliphatic heterocycles. The van der Waals surface area contributed by atoms with Gasteiger partial charge in [-0.25, -0.2) is 0 Å². The Balaban J connectivity index is 1.52. The van der Waals surface area contributed by atoms with Crippen molar-refractivity contribution in [3.8, 4) is 0 Å². The molecule has 5 heteroatoms. The van der Waals surface area contributed by atoms with Crippen LogP contribution < -0.4 is 0 Å². The van der Waals surface area contributed by atoms with Crippen LogP contribution in [0.25, 0.3) is 10.9 Å². The van der Waals surface area contributed by atoms with Crippen LogP contribution in [0.1, 0.15) is 31.2 Å². The molecule has 0 saturated carbocycles. The lowest BCUT2D eigenvalue weighted by Crippen LogP contribution is -2.42. The SMILES string of the molecule is O=C(O)C1CCCN(C(=O)CCCc2c[nH]c3ccccc23)C1. The summed E-state index contributed by atoms with van der Waals surface area (Å²) in [7, 11) is 0. The molecule has 1 amide bonds. The normalized spacial score (nSPS) is 18.3. The van der Waals surface area contributed by atoms with E-state index in [1.807, 2.05) is 24.4 Å². The third-order valence-corrected chi connectivity index (χ3v) is 4.64. The van der Waals surface area contributed by atoms with Crippen LogP contribution in [-0.2, 0) is 16.0 Å². The Morgan fingerprint density at radius 2 is 2.13 bits per heavy atom. The Kier molecular flexibility index (Phi) is 4.65. The maximum Gasteiger partial charge on any atom is 0.308 e. The van der Waals surface area contributed by atoms with Crippen LogP contribution in [0, 0.1) is 5.92 Å². The van der Waals surface area contributed by atoms with Crippen LogP contribution in [0.2, 0.25) is 0 Å². The van der Waals surface area contributed by atoms with E-state index in [9.17, 15) is 9.59 Å². The van der Waals surface area contributed by atoms with Crippen molar-refractivity contribution in [3.63, 3.8) is 0 Å². The minimum atomic E-state index is -0.790. The molecule has 0 bridgehead atoms. The summed E-state index contributed by atoms with van der Waals surface area (Å²) in [6.07, 6.45) is 5.59. The number of aliphatic carboxylic acids is 1. The summed E-state index contributed by atoms with van der Waals surface area (Å²) in [4.78, 5) is 28.3. The zero-order valence-corrected chi connectivity index (χ0v) is 13.1. The summed E-state index contributed by atoms with van der Waals surface area (Å²) >= 11 is 0. The van der Waals surface area contributed by atoms with Gasteiger partial charge in [0.25, 0.3) is 0 Å². The number of nitrogens with zero attached hydrogens (tertiary/aromatic N) is 1. The number of aryl methyl sites for hydroxylation is 1. The van der Waals surface area contributed by atoms with E-state index >= 15 is 0 Å². The summed E-state index contributed by atoms with van der Waals surface area (Å²) in [5, 5.41) is 10.3. The van der Waals surface area contributed by atoms with Gasteiger partial charge in [0.2, 0.25) is 5.91 Å². The first-order chi connectivity index (χ1) is 11.1. The zero-order chi connectivity index (χ0) is 16.2. The fourth-order valence-electron chi connectivity index (χ4n) is 3.33. The summed E-state index contributed by atoms with van der Waals surface area (Å²) in [5.74, 6) is -1.11. The van der Waals surface area contributed by atoms with E-state index in [0.29, 0.717) is 25.9 Å². The molecule has 3 rings (SSSR count). The van der Waals surface area contributed by atoms with Crippen molar-refractivity contribution in [1.82, 2.24) is 9.88 Å². The van der Waals surface area contributed by atoms with Crippen molar-refractivity contribution in [2.45, 2.75) is 32.1 Å². The summed E-state index contributed by atoms with van der Waals surface area (Å²) in [6.45, 7) is 1.05. The molecule has 122 valence electrons. The van der Waals surface area contributed by atoms with Crippen LogP contribution >= 0.6 is 0 Å². The highest BCUT2D eigenvalue weighted by Gasteiger charge is 2.27. The lowest BCUT2D eigenvalue weighted by atomic mass is 9.97. The molecule has 5 nitrogen and oxygen atoms in total. The van der Waals surface area contributed by atoms with Gasteiger partial charge in [-0.05, 0) is 37.3 Å². The van der Waals surface area contributed by atoms with Gasteiger partial charge in [0.1, 0.15) is 0 Å². The van der Waals surface area contributed by atoms with Crippen molar-refractivity contribution in [2.24, 2.45) is 5.92 Å². The molecule has 1 fully saturated rings. The number of rotatable bonds is 5. The number of aromatic nitrogens is 1. The third kappa shape index (κ3) is 3.55.